The van der Waals surface area contributed by atoms with Gasteiger partial charge in [-0.1, -0.05) is 11.6 Å². The van der Waals surface area contributed by atoms with Crippen LogP contribution in [0.4, 0.5) is 5.69 Å². The fourth-order valence-electron chi connectivity index (χ4n) is 1.47. The van der Waals surface area contributed by atoms with Gasteiger partial charge in [-0.05, 0) is 24.3 Å². The second-order valence-corrected chi connectivity index (χ2v) is 4.14. The van der Waals surface area contributed by atoms with Crippen LogP contribution in [0.5, 0.6) is 11.5 Å². The second-order valence-electron chi connectivity index (χ2n) is 3.70. The molecule has 0 bridgehead atoms. The first-order valence-electron chi connectivity index (χ1n) is 5.40. The van der Waals surface area contributed by atoms with Crippen LogP contribution in [0.3, 0.4) is 0 Å². The molecular weight excluding hydrogens is 268 g/mol. The summed E-state index contributed by atoms with van der Waals surface area (Å²) in [6.07, 6.45) is 1.39. The van der Waals surface area contributed by atoms with Crippen molar-refractivity contribution in [3.05, 3.63) is 47.2 Å². The Hall–Kier alpha value is -2.27. The Bertz CT molecular complexity index is 599. The van der Waals surface area contributed by atoms with E-state index in [1.54, 1.807) is 18.2 Å². The SMILES string of the molecule is COc1ccc(NC(=O)c2ccc(Cl)cn2)cc1O. The van der Waals surface area contributed by atoms with Crippen LogP contribution in [0.25, 0.3) is 0 Å². The standard InChI is InChI=1S/C13H11ClN2O3/c1-19-12-5-3-9(6-11(12)17)16-13(18)10-4-2-8(14)7-15-10/h2-7,17H,1H3,(H,16,18). The third-order valence-electron chi connectivity index (χ3n) is 2.40. The van der Waals surface area contributed by atoms with Crippen LogP contribution in [0.15, 0.2) is 36.5 Å². The van der Waals surface area contributed by atoms with Crippen molar-refractivity contribution in [1.29, 1.82) is 0 Å². The van der Waals surface area contributed by atoms with Crippen molar-refractivity contribution in [1.82, 2.24) is 4.98 Å². The van der Waals surface area contributed by atoms with E-state index in [2.05, 4.69) is 10.3 Å². The fourth-order valence-corrected chi connectivity index (χ4v) is 1.58. The molecular formula is C13H11ClN2O3. The Balaban J connectivity index is 2.14. The third kappa shape index (κ3) is 3.14. The number of nitrogens with one attached hydrogen (secondary N) is 1. The van der Waals surface area contributed by atoms with Gasteiger partial charge in [-0.15, -0.1) is 0 Å². The molecule has 1 aromatic heterocycles. The molecule has 5 nitrogen and oxygen atoms in total. The number of pyridine rings is 1. The first-order chi connectivity index (χ1) is 9.10. The Morgan fingerprint density at radius 2 is 2.16 bits per heavy atom. The summed E-state index contributed by atoms with van der Waals surface area (Å²) in [7, 11) is 1.45. The minimum Gasteiger partial charge on any atom is -0.504 e. The lowest BCUT2D eigenvalue weighted by Gasteiger charge is -2.07. The van der Waals surface area contributed by atoms with Crippen LogP contribution in [-0.2, 0) is 0 Å². The van der Waals surface area contributed by atoms with Gasteiger partial charge in [0.25, 0.3) is 5.91 Å². The van der Waals surface area contributed by atoms with Gasteiger partial charge >= 0.3 is 0 Å². The number of carbonyl (C=O) groups excluding carboxylic acids is 1. The van der Waals surface area contributed by atoms with Gasteiger partial charge in [0.15, 0.2) is 11.5 Å². The Morgan fingerprint density at radius 1 is 1.37 bits per heavy atom. The smallest absolute Gasteiger partial charge is 0.274 e. The van der Waals surface area contributed by atoms with Gasteiger partial charge in [0.2, 0.25) is 0 Å². The quantitative estimate of drug-likeness (QED) is 0.905. The molecule has 0 saturated heterocycles. The third-order valence-corrected chi connectivity index (χ3v) is 2.62. The molecule has 2 aromatic rings. The molecule has 0 aliphatic carbocycles. The first-order valence-corrected chi connectivity index (χ1v) is 5.78. The summed E-state index contributed by atoms with van der Waals surface area (Å²) in [4.78, 5) is 15.8. The number of benzene rings is 1. The molecule has 0 aliphatic heterocycles. The second kappa shape index (κ2) is 5.58. The number of carbonyl (C=O) groups is 1. The van der Waals surface area contributed by atoms with Crippen molar-refractivity contribution in [2.24, 2.45) is 0 Å². The van der Waals surface area contributed by atoms with Crippen LogP contribution in [-0.4, -0.2) is 23.1 Å². The van der Waals surface area contributed by atoms with E-state index in [9.17, 15) is 9.90 Å². The zero-order valence-electron chi connectivity index (χ0n) is 10.1. The molecule has 19 heavy (non-hydrogen) atoms. The molecule has 1 amide bonds. The highest BCUT2D eigenvalue weighted by atomic mass is 35.5. The van der Waals surface area contributed by atoms with E-state index in [0.29, 0.717) is 16.5 Å². The van der Waals surface area contributed by atoms with Gasteiger partial charge < -0.3 is 15.2 Å². The average molecular weight is 279 g/mol. The van der Waals surface area contributed by atoms with E-state index in [4.69, 9.17) is 16.3 Å². The van der Waals surface area contributed by atoms with Crippen LogP contribution in [0, 0.1) is 0 Å². The highest BCUT2D eigenvalue weighted by Gasteiger charge is 2.09. The van der Waals surface area contributed by atoms with E-state index >= 15 is 0 Å². The number of amides is 1. The predicted octanol–water partition coefficient (Wildman–Crippen LogP) is 2.70. The number of aromatic nitrogens is 1. The normalized spacial score (nSPS) is 10.0. The van der Waals surface area contributed by atoms with E-state index in [0.717, 1.165) is 0 Å². The van der Waals surface area contributed by atoms with Gasteiger partial charge in [0.1, 0.15) is 5.69 Å². The topological polar surface area (TPSA) is 71.5 Å². The number of anilines is 1. The fraction of sp³-hybridized carbons (Fsp3) is 0.0769. The monoisotopic (exact) mass is 278 g/mol. The number of nitrogens with zero attached hydrogens (tertiary/aromatic N) is 1. The minimum absolute atomic E-state index is 0.0515. The van der Waals surface area contributed by atoms with E-state index in [1.807, 2.05) is 0 Å². The molecule has 1 heterocycles. The van der Waals surface area contributed by atoms with Crippen molar-refractivity contribution < 1.29 is 14.6 Å². The molecule has 1 aromatic carbocycles. The highest BCUT2D eigenvalue weighted by molar-refractivity contribution is 6.30. The minimum atomic E-state index is -0.388. The zero-order valence-corrected chi connectivity index (χ0v) is 10.8. The number of aromatic hydroxyl groups is 1. The lowest BCUT2D eigenvalue weighted by Crippen LogP contribution is -2.13. The van der Waals surface area contributed by atoms with Crippen LogP contribution >= 0.6 is 11.6 Å². The molecule has 0 unspecified atom stereocenters. The van der Waals surface area contributed by atoms with Crippen LogP contribution < -0.4 is 10.1 Å². The van der Waals surface area contributed by atoms with Gasteiger partial charge in [-0.3, -0.25) is 4.79 Å². The lowest BCUT2D eigenvalue weighted by atomic mass is 10.2. The summed E-state index contributed by atoms with van der Waals surface area (Å²) in [5.41, 5.74) is 0.680. The zero-order chi connectivity index (χ0) is 13.8. The molecule has 6 heteroatoms. The molecule has 0 spiro atoms. The number of rotatable bonds is 3. The van der Waals surface area contributed by atoms with E-state index in [1.165, 1.54) is 25.4 Å². The van der Waals surface area contributed by atoms with Crippen molar-refractivity contribution in [2.75, 3.05) is 12.4 Å². The highest BCUT2D eigenvalue weighted by Crippen LogP contribution is 2.28. The van der Waals surface area contributed by atoms with Crippen molar-refractivity contribution in [3.63, 3.8) is 0 Å². The number of methoxy groups -OCH3 is 1. The summed E-state index contributed by atoms with van der Waals surface area (Å²) in [5.74, 6) is -0.104. The van der Waals surface area contributed by atoms with E-state index < -0.39 is 0 Å². The maximum absolute atomic E-state index is 11.9. The molecule has 2 rings (SSSR count). The number of hydrogen-bond acceptors (Lipinski definition) is 4. The molecule has 2 N–H and O–H groups in total. The molecule has 0 radical (unpaired) electrons. The number of ether oxygens (including phenoxy) is 1. The van der Waals surface area contributed by atoms with Crippen molar-refractivity contribution in [2.45, 2.75) is 0 Å². The molecule has 0 saturated carbocycles. The summed E-state index contributed by atoms with van der Waals surface area (Å²) in [6.45, 7) is 0. The molecule has 0 atom stereocenters. The Labute approximate surface area is 114 Å². The summed E-state index contributed by atoms with van der Waals surface area (Å²) in [5, 5.41) is 12.7. The summed E-state index contributed by atoms with van der Waals surface area (Å²) in [6, 6.07) is 7.66. The van der Waals surface area contributed by atoms with E-state index in [-0.39, 0.29) is 17.4 Å². The largest absolute Gasteiger partial charge is 0.504 e. The Morgan fingerprint density at radius 3 is 2.74 bits per heavy atom. The van der Waals surface area contributed by atoms with Gasteiger partial charge in [0.05, 0.1) is 12.1 Å². The maximum atomic E-state index is 11.9. The first kappa shape index (κ1) is 13.2. The molecule has 0 aliphatic rings. The lowest BCUT2D eigenvalue weighted by molar-refractivity contribution is 0.102. The van der Waals surface area contributed by atoms with Crippen molar-refractivity contribution in [3.8, 4) is 11.5 Å². The predicted molar refractivity (Wildman–Crippen MR) is 71.9 cm³/mol. The Kier molecular flexibility index (Phi) is 3.87. The van der Waals surface area contributed by atoms with Crippen LogP contribution in [0.2, 0.25) is 5.02 Å². The average Bonchev–Trinajstić information content (AvgIpc) is 2.39. The maximum Gasteiger partial charge on any atom is 0.274 e. The summed E-state index contributed by atoms with van der Waals surface area (Å²) >= 11 is 5.69. The number of phenols is 1. The van der Waals surface area contributed by atoms with Crippen molar-refractivity contribution >= 4 is 23.2 Å². The van der Waals surface area contributed by atoms with Gasteiger partial charge in [-0.2, -0.15) is 0 Å². The van der Waals surface area contributed by atoms with Crippen LogP contribution in [0.1, 0.15) is 10.5 Å². The van der Waals surface area contributed by atoms with Gasteiger partial charge in [0, 0.05) is 18.0 Å². The number of hydrogen-bond donors (Lipinski definition) is 2. The number of phenolic OH excluding ortho intramolecular Hbond substituents is 1. The molecule has 98 valence electrons. The van der Waals surface area contributed by atoms with Gasteiger partial charge in [-0.25, -0.2) is 4.98 Å². The number of halogens is 1. The summed E-state index contributed by atoms with van der Waals surface area (Å²) < 4.78 is 4.91. The molecule has 0 fully saturated rings.